The number of aromatic nitrogens is 1. The van der Waals surface area contributed by atoms with E-state index in [1.807, 2.05) is 0 Å². The Morgan fingerprint density at radius 3 is 3.18 bits per heavy atom. The summed E-state index contributed by atoms with van der Waals surface area (Å²) in [4.78, 5) is 10.6. The summed E-state index contributed by atoms with van der Waals surface area (Å²) in [5.41, 5.74) is 0. The van der Waals surface area contributed by atoms with E-state index in [2.05, 4.69) is 9.89 Å². The van der Waals surface area contributed by atoms with Gasteiger partial charge in [0.2, 0.25) is 0 Å². The first-order valence-electron chi connectivity index (χ1n) is 3.29. The standard InChI is InChI=1S/C7H9NO3/c1-10-7(9)3-2-6-4-5-8-11-6/h4-5H,2-3H2,1H3. The Morgan fingerprint density at radius 1 is 1.82 bits per heavy atom. The highest BCUT2D eigenvalue weighted by atomic mass is 16.5. The molecule has 0 aliphatic rings. The monoisotopic (exact) mass is 155 g/mol. The fourth-order valence-corrected chi connectivity index (χ4v) is 0.698. The van der Waals surface area contributed by atoms with Gasteiger partial charge < -0.3 is 9.26 Å². The molecular weight excluding hydrogens is 146 g/mol. The minimum atomic E-state index is -0.235. The Bertz CT molecular complexity index is 218. The van der Waals surface area contributed by atoms with Crippen molar-refractivity contribution in [1.29, 1.82) is 0 Å². The van der Waals surface area contributed by atoms with Gasteiger partial charge in [0.1, 0.15) is 5.76 Å². The van der Waals surface area contributed by atoms with Gasteiger partial charge in [0, 0.05) is 12.5 Å². The van der Waals surface area contributed by atoms with Crippen LogP contribution in [0.25, 0.3) is 0 Å². The molecular formula is C7H9NO3. The zero-order valence-electron chi connectivity index (χ0n) is 6.24. The maximum atomic E-state index is 10.6. The van der Waals surface area contributed by atoms with Crippen LogP contribution in [-0.2, 0) is 16.0 Å². The summed E-state index contributed by atoms with van der Waals surface area (Å²) in [5.74, 6) is 0.469. The summed E-state index contributed by atoms with van der Waals surface area (Å²) < 4.78 is 9.22. The van der Waals surface area contributed by atoms with E-state index in [4.69, 9.17) is 4.52 Å². The third-order valence-corrected chi connectivity index (χ3v) is 1.29. The minimum Gasteiger partial charge on any atom is -0.469 e. The molecule has 0 unspecified atom stereocenters. The Kier molecular flexibility index (Phi) is 2.66. The quantitative estimate of drug-likeness (QED) is 0.605. The van der Waals surface area contributed by atoms with Crippen molar-refractivity contribution in [2.75, 3.05) is 7.11 Å². The molecule has 0 aromatic carbocycles. The summed E-state index contributed by atoms with van der Waals surface area (Å²) >= 11 is 0. The Labute approximate surface area is 64.1 Å². The zero-order valence-corrected chi connectivity index (χ0v) is 6.24. The van der Waals surface area contributed by atoms with Crippen molar-refractivity contribution >= 4 is 5.97 Å². The van der Waals surface area contributed by atoms with Crippen molar-refractivity contribution in [3.05, 3.63) is 18.0 Å². The first kappa shape index (κ1) is 7.78. The van der Waals surface area contributed by atoms with E-state index < -0.39 is 0 Å². The lowest BCUT2D eigenvalue weighted by atomic mass is 10.2. The molecule has 1 rings (SSSR count). The molecule has 0 radical (unpaired) electrons. The maximum Gasteiger partial charge on any atom is 0.305 e. The number of esters is 1. The molecule has 0 N–H and O–H groups in total. The highest BCUT2D eigenvalue weighted by Gasteiger charge is 2.02. The predicted octanol–water partition coefficient (Wildman–Crippen LogP) is 0.780. The van der Waals surface area contributed by atoms with E-state index in [0.717, 1.165) is 0 Å². The molecule has 0 bridgehead atoms. The van der Waals surface area contributed by atoms with E-state index in [1.165, 1.54) is 7.11 Å². The van der Waals surface area contributed by atoms with Crippen LogP contribution in [-0.4, -0.2) is 18.2 Å². The maximum absolute atomic E-state index is 10.6. The molecule has 0 saturated heterocycles. The number of carbonyl (C=O) groups excluding carboxylic acids is 1. The highest BCUT2D eigenvalue weighted by molar-refractivity contribution is 5.69. The molecule has 0 spiro atoms. The zero-order chi connectivity index (χ0) is 8.10. The molecule has 0 aliphatic heterocycles. The van der Waals surface area contributed by atoms with Crippen LogP contribution in [0.15, 0.2) is 16.8 Å². The molecule has 1 aromatic heterocycles. The smallest absolute Gasteiger partial charge is 0.305 e. The van der Waals surface area contributed by atoms with Gasteiger partial charge in [-0.25, -0.2) is 0 Å². The number of nitrogens with zero attached hydrogens (tertiary/aromatic N) is 1. The van der Waals surface area contributed by atoms with Crippen LogP contribution in [0, 0.1) is 0 Å². The van der Waals surface area contributed by atoms with Crippen LogP contribution >= 0.6 is 0 Å². The van der Waals surface area contributed by atoms with Crippen LogP contribution in [0.3, 0.4) is 0 Å². The summed E-state index contributed by atoms with van der Waals surface area (Å²) in [6.07, 6.45) is 2.44. The highest BCUT2D eigenvalue weighted by Crippen LogP contribution is 2.01. The number of ether oxygens (including phenoxy) is 1. The molecule has 0 saturated carbocycles. The summed E-state index contributed by atoms with van der Waals surface area (Å²) in [6, 6.07) is 1.73. The second-order valence-electron chi connectivity index (χ2n) is 2.05. The van der Waals surface area contributed by atoms with Crippen LogP contribution < -0.4 is 0 Å². The largest absolute Gasteiger partial charge is 0.469 e. The van der Waals surface area contributed by atoms with Crippen molar-refractivity contribution in [2.24, 2.45) is 0 Å². The molecule has 0 aliphatic carbocycles. The van der Waals surface area contributed by atoms with Crippen molar-refractivity contribution in [1.82, 2.24) is 5.16 Å². The van der Waals surface area contributed by atoms with Crippen molar-refractivity contribution in [3.8, 4) is 0 Å². The lowest BCUT2D eigenvalue weighted by Crippen LogP contribution is -2.01. The van der Waals surface area contributed by atoms with Gasteiger partial charge in [-0.1, -0.05) is 5.16 Å². The number of hydrogen-bond donors (Lipinski definition) is 0. The summed E-state index contributed by atoms with van der Waals surface area (Å²) in [7, 11) is 1.36. The first-order valence-corrected chi connectivity index (χ1v) is 3.29. The second-order valence-corrected chi connectivity index (χ2v) is 2.05. The van der Waals surface area contributed by atoms with E-state index in [0.29, 0.717) is 18.6 Å². The molecule has 4 nitrogen and oxygen atoms in total. The van der Waals surface area contributed by atoms with Gasteiger partial charge in [-0.15, -0.1) is 0 Å². The van der Waals surface area contributed by atoms with E-state index in [1.54, 1.807) is 12.3 Å². The van der Waals surface area contributed by atoms with Gasteiger partial charge >= 0.3 is 5.97 Å². The third kappa shape index (κ3) is 2.41. The molecule has 4 heteroatoms. The minimum absolute atomic E-state index is 0.235. The Balaban J connectivity index is 2.29. The van der Waals surface area contributed by atoms with Crippen molar-refractivity contribution < 1.29 is 14.1 Å². The summed E-state index contributed by atoms with van der Waals surface area (Å²) in [5, 5.41) is 3.50. The summed E-state index contributed by atoms with van der Waals surface area (Å²) in [6.45, 7) is 0. The van der Waals surface area contributed by atoms with Crippen molar-refractivity contribution in [2.45, 2.75) is 12.8 Å². The average molecular weight is 155 g/mol. The van der Waals surface area contributed by atoms with Gasteiger partial charge in [-0.05, 0) is 0 Å². The van der Waals surface area contributed by atoms with Gasteiger partial charge in [-0.3, -0.25) is 4.79 Å². The second kappa shape index (κ2) is 3.75. The normalized spacial score (nSPS) is 9.55. The SMILES string of the molecule is COC(=O)CCc1ccno1. The number of hydrogen-bond acceptors (Lipinski definition) is 4. The number of methoxy groups -OCH3 is 1. The molecule has 0 fully saturated rings. The van der Waals surface area contributed by atoms with Crippen LogP contribution in [0.4, 0.5) is 0 Å². The predicted molar refractivity (Wildman–Crippen MR) is 36.8 cm³/mol. The molecule has 0 atom stereocenters. The van der Waals surface area contributed by atoms with Gasteiger partial charge in [0.05, 0.1) is 19.7 Å². The van der Waals surface area contributed by atoms with E-state index in [-0.39, 0.29) is 5.97 Å². The lowest BCUT2D eigenvalue weighted by Gasteiger charge is -1.94. The van der Waals surface area contributed by atoms with E-state index >= 15 is 0 Å². The fourth-order valence-electron chi connectivity index (χ4n) is 0.698. The Morgan fingerprint density at radius 2 is 2.64 bits per heavy atom. The third-order valence-electron chi connectivity index (χ3n) is 1.29. The molecule has 60 valence electrons. The van der Waals surface area contributed by atoms with Gasteiger partial charge in [0.25, 0.3) is 0 Å². The van der Waals surface area contributed by atoms with Crippen molar-refractivity contribution in [3.63, 3.8) is 0 Å². The van der Waals surface area contributed by atoms with Gasteiger partial charge in [0.15, 0.2) is 0 Å². The molecule has 11 heavy (non-hydrogen) atoms. The lowest BCUT2D eigenvalue weighted by molar-refractivity contribution is -0.140. The first-order chi connectivity index (χ1) is 5.33. The van der Waals surface area contributed by atoms with Crippen LogP contribution in [0.2, 0.25) is 0 Å². The molecule has 1 aromatic rings. The molecule has 1 heterocycles. The van der Waals surface area contributed by atoms with Crippen LogP contribution in [0.5, 0.6) is 0 Å². The molecule has 0 amide bonds. The van der Waals surface area contributed by atoms with Crippen LogP contribution in [0.1, 0.15) is 12.2 Å². The van der Waals surface area contributed by atoms with E-state index in [9.17, 15) is 4.79 Å². The number of carbonyl (C=O) groups is 1. The fraction of sp³-hybridized carbons (Fsp3) is 0.429. The topological polar surface area (TPSA) is 52.3 Å². The number of rotatable bonds is 3. The average Bonchev–Trinajstić information content (AvgIpc) is 2.52. The van der Waals surface area contributed by atoms with Gasteiger partial charge in [-0.2, -0.15) is 0 Å². The Hall–Kier alpha value is -1.32. The number of aryl methyl sites for hydroxylation is 1.